The van der Waals surface area contributed by atoms with Gasteiger partial charge in [0.15, 0.2) is 0 Å². The van der Waals surface area contributed by atoms with Gasteiger partial charge in [-0.3, -0.25) is 10.1 Å². The van der Waals surface area contributed by atoms with Gasteiger partial charge in [-0.15, -0.1) is 5.10 Å². The summed E-state index contributed by atoms with van der Waals surface area (Å²) >= 11 is 0. The maximum Gasteiger partial charge on any atom is 0.271 e. The van der Waals surface area contributed by atoms with E-state index >= 15 is 0 Å². The van der Waals surface area contributed by atoms with Crippen LogP contribution >= 0.6 is 0 Å². The van der Waals surface area contributed by atoms with Gasteiger partial charge in [0.05, 0.1) is 22.9 Å². The Kier molecular flexibility index (Phi) is 3.57. The highest BCUT2D eigenvalue weighted by Gasteiger charge is 2.14. The lowest BCUT2D eigenvalue weighted by Crippen LogP contribution is -1.99. The Balaban J connectivity index is 2.43. The lowest BCUT2D eigenvalue weighted by molar-refractivity contribution is -0.384. The van der Waals surface area contributed by atoms with Crippen molar-refractivity contribution in [3.05, 3.63) is 45.8 Å². The first kappa shape index (κ1) is 13.2. The SMILES string of the molecule is CCC(O)c1cn(-c2cc([N+](=O)[O-])ccc2C)nn1. The van der Waals surface area contributed by atoms with E-state index in [4.69, 9.17) is 0 Å². The molecule has 19 heavy (non-hydrogen) atoms. The molecule has 0 aliphatic carbocycles. The topological polar surface area (TPSA) is 94.1 Å². The second-order valence-electron chi connectivity index (χ2n) is 4.24. The van der Waals surface area contributed by atoms with Gasteiger partial charge in [0.2, 0.25) is 0 Å². The molecule has 7 nitrogen and oxygen atoms in total. The third-order valence-electron chi connectivity index (χ3n) is 2.89. The summed E-state index contributed by atoms with van der Waals surface area (Å²) in [7, 11) is 0. The predicted molar refractivity (Wildman–Crippen MR) is 68.0 cm³/mol. The zero-order valence-corrected chi connectivity index (χ0v) is 10.6. The number of benzene rings is 1. The van der Waals surface area contributed by atoms with Crippen LogP contribution in [0.15, 0.2) is 24.4 Å². The molecule has 1 atom stereocenters. The first-order valence-electron chi connectivity index (χ1n) is 5.88. The van der Waals surface area contributed by atoms with Crippen molar-refractivity contribution >= 4 is 5.69 Å². The first-order chi connectivity index (χ1) is 9.02. The van der Waals surface area contributed by atoms with Crippen molar-refractivity contribution in [1.82, 2.24) is 15.0 Å². The maximum atomic E-state index is 10.8. The fourth-order valence-corrected chi connectivity index (χ4v) is 1.71. The van der Waals surface area contributed by atoms with Crippen LogP contribution in [0.3, 0.4) is 0 Å². The van der Waals surface area contributed by atoms with Crippen molar-refractivity contribution in [1.29, 1.82) is 0 Å². The van der Waals surface area contributed by atoms with Crippen LogP contribution in [-0.4, -0.2) is 25.0 Å². The highest BCUT2D eigenvalue weighted by atomic mass is 16.6. The van der Waals surface area contributed by atoms with Crippen molar-refractivity contribution in [2.45, 2.75) is 26.4 Å². The fourth-order valence-electron chi connectivity index (χ4n) is 1.71. The second-order valence-corrected chi connectivity index (χ2v) is 4.24. The monoisotopic (exact) mass is 262 g/mol. The number of hydrogen-bond donors (Lipinski definition) is 1. The zero-order valence-electron chi connectivity index (χ0n) is 10.6. The summed E-state index contributed by atoms with van der Waals surface area (Å²) < 4.78 is 1.44. The van der Waals surface area contributed by atoms with Crippen molar-refractivity contribution in [2.75, 3.05) is 0 Å². The van der Waals surface area contributed by atoms with Crippen LogP contribution in [-0.2, 0) is 0 Å². The lowest BCUT2D eigenvalue weighted by Gasteiger charge is -2.04. The van der Waals surface area contributed by atoms with Gasteiger partial charge in [0.1, 0.15) is 5.69 Å². The molecule has 2 rings (SSSR count). The molecule has 1 aromatic carbocycles. The van der Waals surface area contributed by atoms with Crippen LogP contribution in [0.5, 0.6) is 0 Å². The third-order valence-corrected chi connectivity index (χ3v) is 2.89. The van der Waals surface area contributed by atoms with Gasteiger partial charge in [-0.05, 0) is 18.9 Å². The molecule has 0 saturated heterocycles. The summed E-state index contributed by atoms with van der Waals surface area (Å²) in [6.45, 7) is 3.67. The van der Waals surface area contributed by atoms with Gasteiger partial charge in [0.25, 0.3) is 5.69 Å². The molecule has 0 fully saturated rings. The number of non-ortho nitro benzene ring substituents is 1. The highest BCUT2D eigenvalue weighted by Crippen LogP contribution is 2.21. The number of aryl methyl sites for hydroxylation is 1. The average molecular weight is 262 g/mol. The molecule has 7 heteroatoms. The van der Waals surface area contributed by atoms with Crippen molar-refractivity contribution in [3.8, 4) is 5.69 Å². The molecule has 100 valence electrons. The third kappa shape index (κ3) is 2.60. The fraction of sp³-hybridized carbons (Fsp3) is 0.333. The molecule has 1 aromatic heterocycles. The molecule has 0 radical (unpaired) electrons. The van der Waals surface area contributed by atoms with Crippen LogP contribution in [0.4, 0.5) is 5.69 Å². The van der Waals surface area contributed by atoms with Gasteiger partial charge < -0.3 is 5.11 Å². The number of nitro benzene ring substituents is 1. The number of rotatable bonds is 4. The van der Waals surface area contributed by atoms with Crippen LogP contribution < -0.4 is 0 Å². The van der Waals surface area contributed by atoms with E-state index in [1.807, 2.05) is 13.8 Å². The molecule has 1 N–H and O–H groups in total. The predicted octanol–water partition coefficient (Wildman–Crippen LogP) is 1.93. The van der Waals surface area contributed by atoms with Crippen LogP contribution in [0.2, 0.25) is 0 Å². The molecule has 0 spiro atoms. The van der Waals surface area contributed by atoms with E-state index in [0.717, 1.165) is 5.56 Å². The zero-order chi connectivity index (χ0) is 14.0. The Hall–Kier alpha value is -2.28. The normalized spacial score (nSPS) is 12.4. The van der Waals surface area contributed by atoms with E-state index in [9.17, 15) is 15.2 Å². The Labute approximate surface area is 109 Å². The number of hydrogen-bond acceptors (Lipinski definition) is 5. The maximum absolute atomic E-state index is 10.8. The molecule has 0 aliphatic heterocycles. The smallest absolute Gasteiger partial charge is 0.271 e. The Morgan fingerprint density at radius 2 is 2.26 bits per heavy atom. The van der Waals surface area contributed by atoms with Gasteiger partial charge >= 0.3 is 0 Å². The van der Waals surface area contributed by atoms with Gasteiger partial charge in [0, 0.05) is 12.1 Å². The molecule has 0 bridgehead atoms. The summed E-state index contributed by atoms with van der Waals surface area (Å²) in [5.41, 5.74) is 1.87. The molecule has 2 aromatic rings. The van der Waals surface area contributed by atoms with E-state index in [1.165, 1.54) is 16.8 Å². The molecule has 0 amide bonds. The van der Waals surface area contributed by atoms with Crippen molar-refractivity contribution in [3.63, 3.8) is 0 Å². The quantitative estimate of drug-likeness (QED) is 0.671. The standard InChI is InChI=1S/C12H14N4O3/c1-3-12(17)10-7-15(14-13-10)11-6-9(16(18)19)5-4-8(11)2/h4-7,12,17H,3H2,1-2H3. The Morgan fingerprint density at radius 1 is 1.53 bits per heavy atom. The highest BCUT2D eigenvalue weighted by molar-refractivity contribution is 5.48. The average Bonchev–Trinajstić information content (AvgIpc) is 2.87. The number of aliphatic hydroxyl groups is 1. The molecule has 1 heterocycles. The molecular weight excluding hydrogens is 248 g/mol. The summed E-state index contributed by atoms with van der Waals surface area (Å²) in [4.78, 5) is 10.3. The number of nitrogens with zero attached hydrogens (tertiary/aromatic N) is 4. The molecular formula is C12H14N4O3. The molecule has 0 saturated carbocycles. The van der Waals surface area contributed by atoms with Crippen LogP contribution in [0.1, 0.15) is 30.7 Å². The van der Waals surface area contributed by atoms with Crippen molar-refractivity contribution < 1.29 is 10.0 Å². The number of aromatic nitrogens is 3. The summed E-state index contributed by atoms with van der Waals surface area (Å²) in [6.07, 6.45) is 1.44. The van der Waals surface area contributed by atoms with Crippen LogP contribution in [0.25, 0.3) is 5.69 Å². The number of aliphatic hydroxyl groups excluding tert-OH is 1. The molecule has 1 unspecified atom stereocenters. The summed E-state index contributed by atoms with van der Waals surface area (Å²) in [5, 5.41) is 28.2. The van der Waals surface area contributed by atoms with E-state index in [1.54, 1.807) is 12.3 Å². The van der Waals surface area contributed by atoms with E-state index in [-0.39, 0.29) is 5.69 Å². The van der Waals surface area contributed by atoms with Crippen LogP contribution in [0, 0.1) is 17.0 Å². The Bertz CT molecular complexity index is 609. The summed E-state index contributed by atoms with van der Waals surface area (Å²) in [6, 6.07) is 4.54. The minimum Gasteiger partial charge on any atom is -0.387 e. The summed E-state index contributed by atoms with van der Waals surface area (Å²) in [5.74, 6) is 0. The van der Waals surface area contributed by atoms with Gasteiger partial charge in [-0.25, -0.2) is 4.68 Å². The second kappa shape index (κ2) is 5.15. The minimum atomic E-state index is -0.673. The van der Waals surface area contributed by atoms with E-state index in [2.05, 4.69) is 10.3 Å². The first-order valence-corrected chi connectivity index (χ1v) is 5.88. The minimum absolute atomic E-state index is 0.00584. The Morgan fingerprint density at radius 3 is 2.89 bits per heavy atom. The number of nitro groups is 1. The molecule has 0 aliphatic rings. The lowest BCUT2D eigenvalue weighted by atomic mass is 10.2. The van der Waals surface area contributed by atoms with Gasteiger partial charge in [-0.1, -0.05) is 18.2 Å². The largest absolute Gasteiger partial charge is 0.387 e. The van der Waals surface area contributed by atoms with Crippen molar-refractivity contribution in [2.24, 2.45) is 0 Å². The van der Waals surface area contributed by atoms with E-state index in [0.29, 0.717) is 17.8 Å². The van der Waals surface area contributed by atoms with E-state index < -0.39 is 11.0 Å². The van der Waals surface area contributed by atoms with Gasteiger partial charge in [-0.2, -0.15) is 0 Å².